The highest BCUT2D eigenvalue weighted by atomic mass is 32.2. The fraction of sp³-hybridized carbons (Fsp3) is 0.125. The smallest absolute Gasteiger partial charge is 0.404 e. The third kappa shape index (κ3) is 3.76. The van der Waals surface area contributed by atoms with E-state index in [0.29, 0.717) is 11.3 Å². The molecule has 0 atom stereocenters. The second-order valence-electron chi connectivity index (χ2n) is 5.20. The van der Waals surface area contributed by atoms with Crippen LogP contribution in [0.3, 0.4) is 0 Å². The van der Waals surface area contributed by atoms with Crippen LogP contribution in [-0.4, -0.2) is 31.1 Å². The van der Waals surface area contributed by atoms with Crippen LogP contribution >= 0.6 is 22.7 Å². The number of rotatable bonds is 6. The van der Waals surface area contributed by atoms with Gasteiger partial charge in [0.25, 0.3) is 0 Å². The maximum absolute atomic E-state index is 14.2. The summed E-state index contributed by atoms with van der Waals surface area (Å²) in [5.74, 6) is -0.762. The number of aromatic nitrogens is 1. The number of amides is 1. The summed E-state index contributed by atoms with van der Waals surface area (Å²) in [7, 11) is -3.81. The normalized spacial score (nSPS) is 11.4. The summed E-state index contributed by atoms with van der Waals surface area (Å²) in [6.45, 7) is 0.128. The first-order valence-corrected chi connectivity index (χ1v) is 10.6. The summed E-state index contributed by atoms with van der Waals surface area (Å²) in [6.07, 6.45) is 0.423. The van der Waals surface area contributed by atoms with E-state index in [-0.39, 0.29) is 26.8 Å². The summed E-state index contributed by atoms with van der Waals surface area (Å²) in [5, 5.41) is 14.1. The number of hydrogen-bond acceptors (Lipinski definition) is 6. The van der Waals surface area contributed by atoms with Crippen molar-refractivity contribution in [2.45, 2.75) is 15.5 Å². The number of pyridine rings is 1. The van der Waals surface area contributed by atoms with Crippen LogP contribution < -0.4 is 5.32 Å². The van der Waals surface area contributed by atoms with Crippen LogP contribution in [0.15, 0.2) is 50.3 Å². The summed E-state index contributed by atoms with van der Waals surface area (Å²) in [5.41, 5.74) is 0.326. The number of thiophene rings is 2. The summed E-state index contributed by atoms with van der Waals surface area (Å²) in [4.78, 5) is 14.9. The van der Waals surface area contributed by atoms with Gasteiger partial charge in [-0.2, -0.15) is 15.7 Å². The minimum atomic E-state index is -3.81. The highest BCUT2D eigenvalue weighted by molar-refractivity contribution is 7.93. The lowest BCUT2D eigenvalue weighted by molar-refractivity contribution is 0.194. The van der Waals surface area contributed by atoms with Crippen molar-refractivity contribution in [3.63, 3.8) is 0 Å². The Morgan fingerprint density at radius 2 is 2.12 bits per heavy atom. The van der Waals surface area contributed by atoms with Crippen LogP contribution in [0.2, 0.25) is 0 Å². The van der Waals surface area contributed by atoms with Crippen molar-refractivity contribution in [1.29, 1.82) is 0 Å². The van der Waals surface area contributed by atoms with Gasteiger partial charge in [0, 0.05) is 34.1 Å². The van der Waals surface area contributed by atoms with E-state index in [4.69, 9.17) is 5.11 Å². The van der Waals surface area contributed by atoms with Crippen molar-refractivity contribution in [1.82, 2.24) is 10.3 Å². The van der Waals surface area contributed by atoms with Gasteiger partial charge >= 0.3 is 6.09 Å². The SMILES string of the molecule is O=C(O)NCCc1cc(-c2cccnc2F)c(S(=O)(=O)c2ccsc2)s1. The summed E-state index contributed by atoms with van der Waals surface area (Å²) < 4.78 is 40.1. The molecule has 3 aromatic heterocycles. The molecular formula is C16H13FN2O4S3. The van der Waals surface area contributed by atoms with Gasteiger partial charge in [0.1, 0.15) is 4.21 Å². The molecule has 26 heavy (non-hydrogen) atoms. The number of halogens is 1. The van der Waals surface area contributed by atoms with Gasteiger partial charge in [0.05, 0.1) is 4.90 Å². The van der Waals surface area contributed by atoms with Crippen LogP contribution in [-0.2, 0) is 16.3 Å². The molecule has 0 saturated heterocycles. The Hall–Kier alpha value is -2.30. The molecule has 0 radical (unpaired) electrons. The van der Waals surface area contributed by atoms with Crippen molar-refractivity contribution in [3.05, 3.63) is 52.0 Å². The molecule has 1 amide bonds. The predicted octanol–water partition coefficient (Wildman–Crippen LogP) is 3.65. The lowest BCUT2D eigenvalue weighted by Crippen LogP contribution is -2.22. The molecule has 0 aliphatic heterocycles. The van der Waals surface area contributed by atoms with Gasteiger partial charge < -0.3 is 10.4 Å². The molecule has 3 heterocycles. The van der Waals surface area contributed by atoms with Gasteiger partial charge in [-0.05, 0) is 36.1 Å². The van der Waals surface area contributed by atoms with E-state index >= 15 is 0 Å². The molecule has 6 nitrogen and oxygen atoms in total. The second-order valence-corrected chi connectivity index (χ2v) is 9.26. The van der Waals surface area contributed by atoms with E-state index in [9.17, 15) is 17.6 Å². The summed E-state index contributed by atoms with van der Waals surface area (Å²) in [6, 6.07) is 6.07. The number of hydrogen-bond donors (Lipinski definition) is 2. The Morgan fingerprint density at radius 1 is 1.31 bits per heavy atom. The number of sulfone groups is 1. The molecule has 0 unspecified atom stereocenters. The Balaban J connectivity index is 2.08. The van der Waals surface area contributed by atoms with Crippen LogP contribution in [0.1, 0.15) is 4.88 Å². The molecule has 2 N–H and O–H groups in total. The van der Waals surface area contributed by atoms with E-state index in [1.54, 1.807) is 11.4 Å². The fourth-order valence-corrected chi connectivity index (χ4v) is 6.47. The first-order chi connectivity index (χ1) is 12.4. The molecule has 0 aromatic carbocycles. The largest absolute Gasteiger partial charge is 0.465 e. The van der Waals surface area contributed by atoms with Gasteiger partial charge in [0.15, 0.2) is 0 Å². The molecule has 0 aliphatic carbocycles. The van der Waals surface area contributed by atoms with E-state index in [2.05, 4.69) is 10.3 Å². The molecule has 0 bridgehead atoms. The molecular weight excluding hydrogens is 399 g/mol. The number of nitrogens with one attached hydrogen (secondary N) is 1. The van der Waals surface area contributed by atoms with Crippen molar-refractivity contribution < 1.29 is 22.7 Å². The van der Waals surface area contributed by atoms with Crippen molar-refractivity contribution in [2.75, 3.05) is 6.54 Å². The van der Waals surface area contributed by atoms with Crippen LogP contribution in [0.5, 0.6) is 0 Å². The maximum Gasteiger partial charge on any atom is 0.404 e. The van der Waals surface area contributed by atoms with Gasteiger partial charge in [-0.3, -0.25) is 0 Å². The monoisotopic (exact) mass is 412 g/mol. The van der Waals surface area contributed by atoms with Crippen molar-refractivity contribution in [3.8, 4) is 11.1 Å². The molecule has 0 fully saturated rings. The topological polar surface area (TPSA) is 96.4 Å². The number of carboxylic acid groups (broad SMARTS) is 1. The highest BCUT2D eigenvalue weighted by Crippen LogP contribution is 2.39. The molecule has 136 valence electrons. The second kappa shape index (κ2) is 7.52. The Morgan fingerprint density at radius 3 is 2.77 bits per heavy atom. The van der Waals surface area contributed by atoms with E-state index in [1.807, 2.05) is 0 Å². The minimum absolute atomic E-state index is 0.0214. The van der Waals surface area contributed by atoms with Gasteiger partial charge in [-0.25, -0.2) is 18.2 Å². The first-order valence-electron chi connectivity index (χ1n) is 7.37. The lowest BCUT2D eigenvalue weighted by atomic mass is 10.1. The van der Waals surface area contributed by atoms with Gasteiger partial charge in [-0.15, -0.1) is 11.3 Å². The Kier molecular flexibility index (Phi) is 5.35. The average molecular weight is 412 g/mol. The molecule has 0 aliphatic rings. The lowest BCUT2D eigenvalue weighted by Gasteiger charge is -2.05. The van der Waals surface area contributed by atoms with Crippen LogP contribution in [0, 0.1) is 5.95 Å². The van der Waals surface area contributed by atoms with Gasteiger partial charge in [0.2, 0.25) is 15.8 Å². The standard InChI is InChI=1S/C16H13FN2O4S3/c17-14-12(2-1-5-18-14)13-8-10(3-6-19-16(20)21)25-15(13)26(22,23)11-4-7-24-9-11/h1-2,4-5,7-9,19H,3,6H2,(H,20,21). The first kappa shape index (κ1) is 18.5. The maximum atomic E-state index is 14.2. The third-order valence-corrected chi connectivity index (χ3v) is 7.81. The predicted molar refractivity (Wildman–Crippen MR) is 97.0 cm³/mol. The fourth-order valence-electron chi connectivity index (χ4n) is 2.33. The molecule has 0 spiro atoms. The minimum Gasteiger partial charge on any atom is -0.465 e. The highest BCUT2D eigenvalue weighted by Gasteiger charge is 2.27. The Bertz CT molecular complexity index is 1030. The third-order valence-electron chi connectivity index (χ3n) is 3.50. The quantitative estimate of drug-likeness (QED) is 0.603. The zero-order chi connectivity index (χ0) is 18.7. The van der Waals surface area contributed by atoms with Gasteiger partial charge in [-0.1, -0.05) is 0 Å². The van der Waals surface area contributed by atoms with Crippen LogP contribution in [0.4, 0.5) is 9.18 Å². The zero-order valence-electron chi connectivity index (χ0n) is 13.2. The molecule has 3 rings (SSSR count). The number of nitrogens with zero attached hydrogens (tertiary/aromatic N) is 1. The molecule has 0 saturated carbocycles. The molecule has 10 heteroatoms. The average Bonchev–Trinajstić information content (AvgIpc) is 3.25. The summed E-state index contributed by atoms with van der Waals surface area (Å²) >= 11 is 2.26. The van der Waals surface area contributed by atoms with E-state index in [0.717, 1.165) is 11.3 Å². The van der Waals surface area contributed by atoms with Crippen LogP contribution in [0.25, 0.3) is 11.1 Å². The molecule has 3 aromatic rings. The zero-order valence-corrected chi connectivity index (χ0v) is 15.6. The van der Waals surface area contributed by atoms with E-state index in [1.165, 1.54) is 41.1 Å². The Labute approximate surface area is 156 Å². The van der Waals surface area contributed by atoms with E-state index < -0.39 is 21.9 Å². The number of carbonyl (C=O) groups is 1. The van der Waals surface area contributed by atoms with Crippen molar-refractivity contribution in [2.24, 2.45) is 0 Å². The van der Waals surface area contributed by atoms with Crippen molar-refractivity contribution >= 4 is 38.6 Å².